The molecule has 0 heterocycles. The van der Waals surface area contributed by atoms with Crippen LogP contribution < -0.4 is 11.1 Å². The van der Waals surface area contributed by atoms with E-state index in [0.717, 1.165) is 5.69 Å². The highest BCUT2D eigenvalue weighted by atomic mass is 16.3. The van der Waals surface area contributed by atoms with Gasteiger partial charge in [0.05, 0.1) is 23.0 Å². The van der Waals surface area contributed by atoms with Gasteiger partial charge in [0, 0.05) is 13.2 Å². The number of hydrogen-bond donors (Lipinski definition) is 3. The zero-order valence-electron chi connectivity index (χ0n) is 7.83. The summed E-state index contributed by atoms with van der Waals surface area (Å²) in [4.78, 5) is 0. The van der Waals surface area contributed by atoms with Gasteiger partial charge in [-0.15, -0.1) is 0 Å². The van der Waals surface area contributed by atoms with Crippen molar-refractivity contribution in [1.82, 2.24) is 0 Å². The van der Waals surface area contributed by atoms with Gasteiger partial charge in [-0.3, -0.25) is 0 Å². The Hall–Kier alpha value is -1.73. The second-order valence-electron chi connectivity index (χ2n) is 2.92. The molecule has 4 N–H and O–H groups in total. The lowest BCUT2D eigenvalue weighted by atomic mass is 10.2. The zero-order chi connectivity index (χ0) is 10.4. The van der Waals surface area contributed by atoms with Gasteiger partial charge in [0.15, 0.2) is 0 Å². The molecule has 74 valence electrons. The monoisotopic (exact) mass is 191 g/mol. The van der Waals surface area contributed by atoms with Crippen LogP contribution in [0, 0.1) is 11.3 Å². The van der Waals surface area contributed by atoms with Crippen LogP contribution in [-0.2, 0) is 0 Å². The summed E-state index contributed by atoms with van der Waals surface area (Å²) in [6, 6.07) is 7.11. The van der Waals surface area contributed by atoms with E-state index in [1.54, 1.807) is 18.2 Å². The Bertz CT molecular complexity index is 344. The molecule has 0 aliphatic rings. The molecule has 0 saturated heterocycles. The normalized spacial score (nSPS) is 9.43. The largest absolute Gasteiger partial charge is 0.397 e. The van der Waals surface area contributed by atoms with Crippen LogP contribution in [0.25, 0.3) is 0 Å². The van der Waals surface area contributed by atoms with Crippen LogP contribution in [0.4, 0.5) is 11.4 Å². The number of anilines is 2. The van der Waals surface area contributed by atoms with Gasteiger partial charge >= 0.3 is 0 Å². The second kappa shape index (κ2) is 5.10. The zero-order valence-corrected chi connectivity index (χ0v) is 7.83. The number of benzene rings is 1. The maximum Gasteiger partial charge on any atom is 0.0992 e. The van der Waals surface area contributed by atoms with E-state index in [1.165, 1.54) is 0 Å². The summed E-state index contributed by atoms with van der Waals surface area (Å²) < 4.78 is 0. The Balaban J connectivity index is 2.70. The van der Waals surface area contributed by atoms with Gasteiger partial charge in [-0.1, -0.05) is 0 Å². The topological polar surface area (TPSA) is 82.1 Å². The highest BCUT2D eigenvalue weighted by Gasteiger charge is 1.99. The first kappa shape index (κ1) is 10.4. The van der Waals surface area contributed by atoms with Crippen LogP contribution in [0.5, 0.6) is 0 Å². The standard InChI is InChI=1S/C10H13N3O/c11-7-8-2-3-9(12)10(6-8)13-4-1-5-14/h2-3,6,13-14H,1,4-5,12H2. The first-order valence-corrected chi connectivity index (χ1v) is 4.42. The molecular formula is C10H13N3O. The second-order valence-corrected chi connectivity index (χ2v) is 2.92. The summed E-state index contributed by atoms with van der Waals surface area (Å²) in [6.45, 7) is 0.792. The molecule has 0 unspecified atom stereocenters. The molecule has 0 amide bonds. The van der Waals surface area contributed by atoms with Crippen molar-refractivity contribution >= 4 is 11.4 Å². The van der Waals surface area contributed by atoms with E-state index >= 15 is 0 Å². The molecule has 0 aromatic heterocycles. The molecule has 0 fully saturated rings. The molecule has 0 saturated carbocycles. The first-order valence-electron chi connectivity index (χ1n) is 4.42. The Kier molecular flexibility index (Phi) is 3.77. The van der Waals surface area contributed by atoms with Gasteiger partial charge in [-0.2, -0.15) is 5.26 Å². The predicted octanol–water partition coefficient (Wildman–Crippen LogP) is 0.935. The first-order chi connectivity index (χ1) is 6.77. The lowest BCUT2D eigenvalue weighted by molar-refractivity contribution is 0.292. The quantitative estimate of drug-likeness (QED) is 0.488. The summed E-state index contributed by atoms with van der Waals surface area (Å²) in [6.07, 6.45) is 0.663. The van der Waals surface area contributed by atoms with E-state index in [4.69, 9.17) is 16.1 Å². The fraction of sp³-hybridized carbons (Fsp3) is 0.300. The molecule has 4 heteroatoms. The fourth-order valence-corrected chi connectivity index (χ4v) is 1.08. The van der Waals surface area contributed by atoms with Gasteiger partial charge in [0.25, 0.3) is 0 Å². The van der Waals surface area contributed by atoms with Gasteiger partial charge in [-0.05, 0) is 24.6 Å². The van der Waals surface area contributed by atoms with E-state index in [0.29, 0.717) is 24.2 Å². The van der Waals surface area contributed by atoms with Crippen molar-refractivity contribution in [2.75, 3.05) is 24.2 Å². The number of nitrogen functional groups attached to an aromatic ring is 1. The highest BCUT2D eigenvalue weighted by molar-refractivity contribution is 5.68. The molecule has 0 aliphatic carbocycles. The number of rotatable bonds is 4. The Morgan fingerprint density at radius 2 is 2.29 bits per heavy atom. The van der Waals surface area contributed by atoms with Gasteiger partial charge < -0.3 is 16.2 Å². The van der Waals surface area contributed by atoms with Gasteiger partial charge in [0.2, 0.25) is 0 Å². The lowest BCUT2D eigenvalue weighted by Crippen LogP contribution is -2.05. The summed E-state index contributed by atoms with van der Waals surface area (Å²) in [7, 11) is 0. The van der Waals surface area contributed by atoms with E-state index in [9.17, 15) is 0 Å². The minimum atomic E-state index is 0.144. The summed E-state index contributed by atoms with van der Waals surface area (Å²) >= 11 is 0. The third kappa shape index (κ3) is 2.64. The lowest BCUT2D eigenvalue weighted by Gasteiger charge is -2.08. The minimum Gasteiger partial charge on any atom is -0.397 e. The van der Waals surface area contributed by atoms with Gasteiger partial charge in [0.1, 0.15) is 0 Å². The van der Waals surface area contributed by atoms with E-state index in [1.807, 2.05) is 6.07 Å². The van der Waals surface area contributed by atoms with Crippen LogP contribution in [0.2, 0.25) is 0 Å². The molecule has 0 radical (unpaired) electrons. The van der Waals surface area contributed by atoms with Crippen molar-refractivity contribution in [2.24, 2.45) is 0 Å². The summed E-state index contributed by atoms with van der Waals surface area (Å²) in [5, 5.41) is 20.3. The van der Waals surface area contributed by atoms with Crippen LogP contribution in [-0.4, -0.2) is 18.3 Å². The molecule has 0 bridgehead atoms. The number of nitrogens with one attached hydrogen (secondary N) is 1. The van der Waals surface area contributed by atoms with Crippen molar-refractivity contribution in [3.63, 3.8) is 0 Å². The van der Waals surface area contributed by atoms with Crippen LogP contribution in [0.15, 0.2) is 18.2 Å². The maximum atomic E-state index is 8.67. The number of nitrogens with two attached hydrogens (primary N) is 1. The predicted molar refractivity (Wildman–Crippen MR) is 55.8 cm³/mol. The number of hydrogen-bond acceptors (Lipinski definition) is 4. The Labute approximate surface area is 83.0 Å². The van der Waals surface area contributed by atoms with E-state index in [-0.39, 0.29) is 6.61 Å². The van der Waals surface area contributed by atoms with Crippen molar-refractivity contribution < 1.29 is 5.11 Å². The van der Waals surface area contributed by atoms with Crippen LogP contribution in [0.1, 0.15) is 12.0 Å². The molecule has 4 nitrogen and oxygen atoms in total. The molecule has 1 rings (SSSR count). The number of aliphatic hydroxyl groups excluding tert-OH is 1. The molecule has 0 spiro atoms. The highest BCUT2D eigenvalue weighted by Crippen LogP contribution is 2.19. The summed E-state index contributed by atoms with van der Waals surface area (Å²) in [5.74, 6) is 0. The smallest absolute Gasteiger partial charge is 0.0992 e. The van der Waals surface area contributed by atoms with Crippen molar-refractivity contribution in [1.29, 1.82) is 5.26 Å². The molecular weight excluding hydrogens is 178 g/mol. The van der Waals surface area contributed by atoms with Crippen LogP contribution >= 0.6 is 0 Å². The minimum absolute atomic E-state index is 0.144. The molecule has 0 aliphatic heterocycles. The Morgan fingerprint density at radius 3 is 2.93 bits per heavy atom. The van der Waals surface area contributed by atoms with Crippen molar-refractivity contribution in [2.45, 2.75) is 6.42 Å². The molecule has 1 aromatic rings. The molecule has 14 heavy (non-hydrogen) atoms. The maximum absolute atomic E-state index is 8.67. The van der Waals surface area contributed by atoms with E-state index in [2.05, 4.69) is 5.32 Å². The number of nitriles is 1. The van der Waals surface area contributed by atoms with Crippen molar-refractivity contribution in [3.05, 3.63) is 23.8 Å². The molecule has 1 aromatic carbocycles. The number of nitrogens with zero attached hydrogens (tertiary/aromatic N) is 1. The number of aliphatic hydroxyl groups is 1. The van der Waals surface area contributed by atoms with Crippen molar-refractivity contribution in [3.8, 4) is 6.07 Å². The molecule has 0 atom stereocenters. The van der Waals surface area contributed by atoms with E-state index < -0.39 is 0 Å². The average molecular weight is 191 g/mol. The average Bonchev–Trinajstić information content (AvgIpc) is 2.21. The van der Waals surface area contributed by atoms with Crippen LogP contribution in [0.3, 0.4) is 0 Å². The van der Waals surface area contributed by atoms with Gasteiger partial charge in [-0.25, -0.2) is 0 Å². The fourth-order valence-electron chi connectivity index (χ4n) is 1.08. The third-order valence-corrected chi connectivity index (χ3v) is 1.83. The third-order valence-electron chi connectivity index (χ3n) is 1.83. The Morgan fingerprint density at radius 1 is 1.50 bits per heavy atom. The summed E-state index contributed by atoms with van der Waals surface area (Å²) in [5.41, 5.74) is 7.63. The SMILES string of the molecule is N#Cc1ccc(N)c(NCCCO)c1.